The molecule has 6 heteroatoms. The van der Waals surface area contributed by atoms with Crippen LogP contribution in [0.2, 0.25) is 0 Å². The number of amides is 1. The largest absolute Gasteiger partial charge is 0.480 e. The van der Waals surface area contributed by atoms with Gasteiger partial charge in [0.15, 0.2) is 0 Å². The van der Waals surface area contributed by atoms with E-state index in [0.29, 0.717) is 6.42 Å². The molecule has 0 radical (unpaired) electrons. The SMILES string of the molecule is CCCC[C@H](NC(=O)C1(C)CC1(F)F)C(=O)O. The van der Waals surface area contributed by atoms with E-state index in [0.717, 1.165) is 13.3 Å². The van der Waals surface area contributed by atoms with Gasteiger partial charge in [-0.05, 0) is 13.3 Å². The number of hydrogen-bond acceptors (Lipinski definition) is 2. The summed E-state index contributed by atoms with van der Waals surface area (Å²) >= 11 is 0. The van der Waals surface area contributed by atoms with Crippen LogP contribution < -0.4 is 5.32 Å². The number of unbranched alkanes of at least 4 members (excludes halogenated alkanes) is 1. The van der Waals surface area contributed by atoms with Gasteiger partial charge < -0.3 is 10.4 Å². The molecule has 17 heavy (non-hydrogen) atoms. The lowest BCUT2D eigenvalue weighted by Crippen LogP contribution is -2.45. The maximum atomic E-state index is 12.9. The highest BCUT2D eigenvalue weighted by Crippen LogP contribution is 2.60. The molecule has 1 rings (SSSR count). The van der Waals surface area contributed by atoms with Crippen molar-refractivity contribution in [2.45, 2.75) is 51.5 Å². The van der Waals surface area contributed by atoms with E-state index < -0.39 is 35.7 Å². The van der Waals surface area contributed by atoms with Crippen LogP contribution in [0.1, 0.15) is 39.5 Å². The third-order valence-electron chi connectivity index (χ3n) is 3.21. The molecule has 4 nitrogen and oxygen atoms in total. The van der Waals surface area contributed by atoms with E-state index in [-0.39, 0.29) is 6.42 Å². The summed E-state index contributed by atoms with van der Waals surface area (Å²) in [6.45, 7) is 3.04. The van der Waals surface area contributed by atoms with Crippen molar-refractivity contribution < 1.29 is 23.5 Å². The fourth-order valence-electron chi connectivity index (χ4n) is 1.63. The lowest BCUT2D eigenvalue weighted by molar-refractivity contribution is -0.143. The fraction of sp³-hybridized carbons (Fsp3) is 0.818. The molecule has 0 aromatic rings. The van der Waals surface area contributed by atoms with Crippen LogP contribution in [0.5, 0.6) is 0 Å². The quantitative estimate of drug-likeness (QED) is 0.754. The van der Waals surface area contributed by atoms with E-state index >= 15 is 0 Å². The smallest absolute Gasteiger partial charge is 0.326 e. The first-order valence-corrected chi connectivity index (χ1v) is 5.66. The number of halogens is 2. The average Bonchev–Trinajstić information content (AvgIpc) is 2.73. The first kappa shape index (κ1) is 13.9. The zero-order chi connectivity index (χ0) is 13.3. The van der Waals surface area contributed by atoms with Crippen molar-refractivity contribution in [2.24, 2.45) is 5.41 Å². The summed E-state index contributed by atoms with van der Waals surface area (Å²) in [4.78, 5) is 22.4. The van der Waals surface area contributed by atoms with Gasteiger partial charge in [-0.25, -0.2) is 13.6 Å². The molecule has 0 saturated heterocycles. The minimum absolute atomic E-state index is 0.263. The standard InChI is InChI=1S/C11H17F2NO3/c1-3-4-5-7(8(15)16)14-9(17)10(2)6-11(10,12)13/h7H,3-6H2,1-2H3,(H,14,17)(H,15,16)/t7-,10?/m0/s1. The number of hydrogen-bond donors (Lipinski definition) is 2. The normalized spacial score (nSPS) is 27.3. The van der Waals surface area contributed by atoms with E-state index in [1.807, 2.05) is 6.92 Å². The molecule has 0 aromatic heterocycles. The Balaban J connectivity index is 2.57. The van der Waals surface area contributed by atoms with Crippen molar-refractivity contribution in [3.63, 3.8) is 0 Å². The summed E-state index contributed by atoms with van der Waals surface area (Å²) in [5.74, 6) is -5.06. The molecule has 0 spiro atoms. The van der Waals surface area contributed by atoms with Crippen molar-refractivity contribution in [1.29, 1.82) is 0 Å². The van der Waals surface area contributed by atoms with E-state index in [2.05, 4.69) is 5.32 Å². The predicted molar refractivity (Wildman–Crippen MR) is 56.8 cm³/mol. The van der Waals surface area contributed by atoms with E-state index in [4.69, 9.17) is 5.11 Å². The first-order valence-electron chi connectivity index (χ1n) is 5.66. The topological polar surface area (TPSA) is 66.4 Å². The van der Waals surface area contributed by atoms with Crippen molar-refractivity contribution in [3.05, 3.63) is 0 Å². The van der Waals surface area contributed by atoms with Gasteiger partial charge in [0.25, 0.3) is 5.92 Å². The predicted octanol–water partition coefficient (Wildman–Crippen LogP) is 1.79. The van der Waals surface area contributed by atoms with Gasteiger partial charge in [0.2, 0.25) is 5.91 Å². The van der Waals surface area contributed by atoms with Crippen LogP contribution in [0.25, 0.3) is 0 Å². The molecule has 1 aliphatic carbocycles. The summed E-state index contributed by atoms with van der Waals surface area (Å²) in [6, 6.07) is -1.07. The van der Waals surface area contributed by atoms with Gasteiger partial charge in [0.05, 0.1) is 0 Å². The Hall–Kier alpha value is -1.20. The molecule has 1 fully saturated rings. The van der Waals surface area contributed by atoms with Gasteiger partial charge in [0.1, 0.15) is 11.5 Å². The van der Waals surface area contributed by atoms with Crippen LogP contribution in [-0.2, 0) is 9.59 Å². The number of carbonyl (C=O) groups excluding carboxylic acids is 1. The van der Waals surface area contributed by atoms with Crippen LogP contribution >= 0.6 is 0 Å². The Morgan fingerprint density at radius 2 is 2.00 bits per heavy atom. The molecule has 2 atom stereocenters. The molecule has 1 unspecified atom stereocenters. The fourth-order valence-corrected chi connectivity index (χ4v) is 1.63. The number of alkyl halides is 2. The number of rotatable bonds is 6. The van der Waals surface area contributed by atoms with E-state index in [1.165, 1.54) is 0 Å². The number of aliphatic carboxylic acids is 1. The minimum Gasteiger partial charge on any atom is -0.480 e. The van der Waals surface area contributed by atoms with Crippen molar-refractivity contribution >= 4 is 11.9 Å². The number of carboxylic acids is 1. The van der Waals surface area contributed by atoms with Gasteiger partial charge in [-0.3, -0.25) is 4.79 Å². The Morgan fingerprint density at radius 3 is 2.35 bits per heavy atom. The third kappa shape index (κ3) is 2.73. The molecule has 98 valence electrons. The first-order chi connectivity index (χ1) is 7.74. The van der Waals surface area contributed by atoms with Crippen LogP contribution in [0.4, 0.5) is 8.78 Å². The molecule has 0 aromatic carbocycles. The second-order valence-corrected chi connectivity index (χ2v) is 4.72. The summed E-state index contributed by atoms with van der Waals surface area (Å²) in [5.41, 5.74) is -1.73. The summed E-state index contributed by atoms with van der Waals surface area (Å²) in [7, 11) is 0. The second-order valence-electron chi connectivity index (χ2n) is 4.72. The van der Waals surface area contributed by atoms with Crippen LogP contribution in [0.3, 0.4) is 0 Å². The average molecular weight is 249 g/mol. The second kappa shape index (κ2) is 4.58. The monoisotopic (exact) mass is 249 g/mol. The molecular formula is C11H17F2NO3. The van der Waals surface area contributed by atoms with Crippen LogP contribution in [0, 0.1) is 5.41 Å². The Kier molecular flexibility index (Phi) is 3.74. The van der Waals surface area contributed by atoms with Gasteiger partial charge in [0, 0.05) is 6.42 Å². The van der Waals surface area contributed by atoms with Crippen LogP contribution in [-0.4, -0.2) is 28.9 Å². The molecule has 1 amide bonds. The molecule has 1 aliphatic rings. The summed E-state index contributed by atoms with van der Waals surface area (Å²) in [6.07, 6.45) is 1.17. The molecular weight excluding hydrogens is 232 g/mol. The van der Waals surface area contributed by atoms with E-state index in [1.54, 1.807) is 0 Å². The van der Waals surface area contributed by atoms with Crippen molar-refractivity contribution in [3.8, 4) is 0 Å². The summed E-state index contributed by atoms with van der Waals surface area (Å²) < 4.78 is 25.9. The Morgan fingerprint density at radius 1 is 1.47 bits per heavy atom. The Bertz CT molecular complexity index is 333. The molecule has 0 bridgehead atoms. The van der Waals surface area contributed by atoms with Crippen molar-refractivity contribution in [2.75, 3.05) is 0 Å². The highest BCUT2D eigenvalue weighted by molar-refractivity contribution is 5.90. The zero-order valence-corrected chi connectivity index (χ0v) is 9.93. The maximum absolute atomic E-state index is 12.9. The minimum atomic E-state index is -3.01. The molecule has 0 aliphatic heterocycles. The lowest BCUT2D eigenvalue weighted by Gasteiger charge is -2.17. The van der Waals surface area contributed by atoms with Gasteiger partial charge in [-0.1, -0.05) is 19.8 Å². The Labute approximate surface area is 98.4 Å². The lowest BCUT2D eigenvalue weighted by atomic mass is 10.1. The van der Waals surface area contributed by atoms with Gasteiger partial charge in [-0.2, -0.15) is 0 Å². The third-order valence-corrected chi connectivity index (χ3v) is 3.21. The molecule has 0 heterocycles. The summed E-state index contributed by atoms with van der Waals surface area (Å²) in [5, 5.41) is 11.1. The zero-order valence-electron chi connectivity index (χ0n) is 9.93. The number of carbonyl (C=O) groups is 2. The number of carboxylic acid groups (broad SMARTS) is 1. The highest BCUT2D eigenvalue weighted by atomic mass is 19.3. The van der Waals surface area contributed by atoms with Gasteiger partial charge in [-0.15, -0.1) is 0 Å². The number of nitrogens with one attached hydrogen (secondary N) is 1. The maximum Gasteiger partial charge on any atom is 0.326 e. The highest BCUT2D eigenvalue weighted by Gasteiger charge is 2.72. The van der Waals surface area contributed by atoms with E-state index in [9.17, 15) is 18.4 Å². The van der Waals surface area contributed by atoms with Crippen molar-refractivity contribution in [1.82, 2.24) is 5.32 Å². The molecule has 2 N–H and O–H groups in total. The molecule has 1 saturated carbocycles. The van der Waals surface area contributed by atoms with Crippen LogP contribution in [0.15, 0.2) is 0 Å². The van der Waals surface area contributed by atoms with Gasteiger partial charge >= 0.3 is 5.97 Å².